The van der Waals surface area contributed by atoms with Gasteiger partial charge in [0.05, 0.1) is 6.04 Å². The summed E-state index contributed by atoms with van der Waals surface area (Å²) in [6, 6.07) is 8.09. The Morgan fingerprint density at radius 1 is 0.805 bits per heavy atom. The average Bonchev–Trinajstić information content (AvgIpc) is 2.94. The van der Waals surface area contributed by atoms with Crippen LogP contribution in [0.15, 0.2) is 48.5 Å². The van der Waals surface area contributed by atoms with E-state index < -0.39 is 47.9 Å². The zero-order chi connectivity index (χ0) is 30.5. The van der Waals surface area contributed by atoms with Crippen molar-refractivity contribution in [3.05, 3.63) is 59.7 Å². The Morgan fingerprint density at radius 3 is 1.80 bits per heavy atom. The second-order valence-electron chi connectivity index (χ2n) is 9.96. The summed E-state index contributed by atoms with van der Waals surface area (Å²) in [7, 11) is 0. The number of carbonyl (C=O) groups is 4. The van der Waals surface area contributed by atoms with Crippen molar-refractivity contribution in [2.45, 2.75) is 63.7 Å². The van der Waals surface area contributed by atoms with Crippen molar-refractivity contribution in [3.8, 4) is 11.5 Å². The molecule has 224 valence electrons. The van der Waals surface area contributed by atoms with Crippen LogP contribution in [0.5, 0.6) is 11.5 Å². The molecular weight excluding hydrogens is 548 g/mol. The van der Waals surface area contributed by atoms with Gasteiger partial charge in [-0.3, -0.25) is 14.4 Å². The Bertz CT molecular complexity index is 1160. The second kappa shape index (κ2) is 16.5. The molecule has 12 heteroatoms. The van der Waals surface area contributed by atoms with Gasteiger partial charge in [-0.05, 0) is 66.2 Å². The van der Waals surface area contributed by atoms with E-state index in [0.717, 1.165) is 5.56 Å². The number of rotatable bonds is 16. The SMILES string of the molecule is CCC(C)C(NC(=O)C(N)Cc1ccc(O)cc1)C(=O)NC(Cc1ccc(O)cc1)C(=O)NC(CCSC)C(=O)O. The lowest BCUT2D eigenvalue weighted by Crippen LogP contribution is -2.59. The van der Waals surface area contributed by atoms with E-state index in [9.17, 15) is 34.5 Å². The summed E-state index contributed by atoms with van der Waals surface area (Å²) in [6.45, 7) is 3.64. The predicted octanol–water partition coefficient (Wildman–Crippen LogP) is 1.55. The molecule has 5 atom stereocenters. The third-order valence-electron chi connectivity index (χ3n) is 6.76. The van der Waals surface area contributed by atoms with Crippen LogP contribution in [0.4, 0.5) is 0 Å². The molecule has 2 aromatic carbocycles. The van der Waals surface area contributed by atoms with Gasteiger partial charge in [0.15, 0.2) is 0 Å². The van der Waals surface area contributed by atoms with Crippen LogP contribution < -0.4 is 21.7 Å². The Hall–Kier alpha value is -3.77. The number of carboxylic acids is 1. The lowest BCUT2D eigenvalue weighted by molar-refractivity contribution is -0.142. The standard InChI is InChI=1S/C29H40N4O7S/c1-4-17(2)25(33-26(36)22(30)15-18-5-9-20(34)10-6-18)28(38)32-24(16-19-7-11-21(35)12-8-19)27(37)31-23(29(39)40)13-14-41-3/h5-12,17,22-25,34-35H,4,13-16,30H2,1-3H3,(H,31,37)(H,32,38)(H,33,36)(H,39,40). The first-order valence-electron chi connectivity index (χ1n) is 13.4. The molecule has 0 aliphatic rings. The first kappa shape index (κ1) is 33.4. The van der Waals surface area contributed by atoms with Gasteiger partial charge in [0.2, 0.25) is 17.7 Å². The fourth-order valence-corrected chi connectivity index (χ4v) is 4.52. The molecule has 0 radical (unpaired) electrons. The highest BCUT2D eigenvalue weighted by atomic mass is 32.2. The first-order chi connectivity index (χ1) is 19.4. The van der Waals surface area contributed by atoms with E-state index in [2.05, 4.69) is 16.0 Å². The fourth-order valence-electron chi connectivity index (χ4n) is 4.04. The van der Waals surface area contributed by atoms with Crippen LogP contribution in [-0.2, 0) is 32.0 Å². The number of carboxylic acid groups (broad SMARTS) is 1. The highest BCUT2D eigenvalue weighted by Crippen LogP contribution is 2.15. The Kier molecular flexibility index (Phi) is 13.4. The van der Waals surface area contributed by atoms with Crippen LogP contribution >= 0.6 is 11.8 Å². The minimum absolute atomic E-state index is 0.0221. The zero-order valence-corrected chi connectivity index (χ0v) is 24.3. The van der Waals surface area contributed by atoms with Crippen molar-refractivity contribution in [2.75, 3.05) is 12.0 Å². The molecule has 0 bridgehead atoms. The molecule has 0 saturated heterocycles. The number of carbonyl (C=O) groups excluding carboxylic acids is 3. The summed E-state index contributed by atoms with van der Waals surface area (Å²) in [4.78, 5) is 51.5. The number of thioether (sulfide) groups is 1. The lowest BCUT2D eigenvalue weighted by Gasteiger charge is -2.28. The lowest BCUT2D eigenvalue weighted by atomic mass is 9.96. The van der Waals surface area contributed by atoms with E-state index >= 15 is 0 Å². The van der Waals surface area contributed by atoms with Crippen molar-refractivity contribution in [2.24, 2.45) is 11.7 Å². The number of benzene rings is 2. The molecule has 5 unspecified atom stereocenters. The van der Waals surface area contributed by atoms with Crippen LogP contribution in [0.1, 0.15) is 37.8 Å². The summed E-state index contributed by atoms with van der Waals surface area (Å²) in [5.74, 6) is -2.72. The normalized spacial score (nSPS) is 14.6. The minimum Gasteiger partial charge on any atom is -0.508 e. The molecule has 3 amide bonds. The van der Waals surface area contributed by atoms with E-state index in [4.69, 9.17) is 5.73 Å². The Balaban J connectivity index is 2.22. The van der Waals surface area contributed by atoms with Crippen molar-refractivity contribution in [3.63, 3.8) is 0 Å². The number of phenolic OH excluding ortho intramolecular Hbond substituents is 2. The third kappa shape index (κ3) is 11.0. The minimum atomic E-state index is -1.19. The molecule has 2 aromatic rings. The molecule has 0 aliphatic heterocycles. The molecule has 2 rings (SSSR count). The monoisotopic (exact) mass is 588 g/mol. The molecule has 0 aromatic heterocycles. The van der Waals surface area contributed by atoms with Crippen molar-refractivity contribution >= 4 is 35.5 Å². The number of hydrogen-bond acceptors (Lipinski definition) is 8. The van der Waals surface area contributed by atoms with Crippen LogP contribution in [0.3, 0.4) is 0 Å². The van der Waals surface area contributed by atoms with Crippen LogP contribution in [-0.4, -0.2) is 75.2 Å². The highest BCUT2D eigenvalue weighted by molar-refractivity contribution is 7.98. The topological polar surface area (TPSA) is 191 Å². The molecular formula is C29H40N4O7S. The largest absolute Gasteiger partial charge is 0.508 e. The third-order valence-corrected chi connectivity index (χ3v) is 7.40. The molecule has 0 fully saturated rings. The van der Waals surface area contributed by atoms with Crippen molar-refractivity contribution in [1.82, 2.24) is 16.0 Å². The summed E-state index contributed by atoms with van der Waals surface area (Å²) in [5.41, 5.74) is 7.47. The van der Waals surface area contributed by atoms with Crippen LogP contribution in [0, 0.1) is 5.92 Å². The highest BCUT2D eigenvalue weighted by Gasteiger charge is 2.32. The molecule has 11 nitrogen and oxygen atoms in total. The van der Waals surface area contributed by atoms with Gasteiger partial charge in [-0.25, -0.2) is 4.79 Å². The molecule has 0 heterocycles. The quantitative estimate of drug-likeness (QED) is 0.152. The summed E-state index contributed by atoms with van der Waals surface area (Å²) < 4.78 is 0. The maximum Gasteiger partial charge on any atom is 0.326 e. The van der Waals surface area contributed by atoms with Gasteiger partial charge >= 0.3 is 5.97 Å². The number of amides is 3. The summed E-state index contributed by atoms with van der Waals surface area (Å²) in [5, 5.41) is 36.6. The Labute approximate surface area is 244 Å². The van der Waals surface area contributed by atoms with E-state index in [1.165, 1.54) is 36.0 Å². The molecule has 0 spiro atoms. The first-order valence-corrected chi connectivity index (χ1v) is 14.8. The van der Waals surface area contributed by atoms with Crippen LogP contribution in [0.2, 0.25) is 0 Å². The molecule has 8 N–H and O–H groups in total. The van der Waals surface area contributed by atoms with Crippen molar-refractivity contribution < 1.29 is 34.5 Å². The average molecular weight is 589 g/mol. The van der Waals surface area contributed by atoms with Gasteiger partial charge in [-0.1, -0.05) is 44.5 Å². The smallest absolute Gasteiger partial charge is 0.326 e. The number of nitrogens with two attached hydrogens (primary N) is 1. The van der Waals surface area contributed by atoms with Gasteiger partial charge < -0.3 is 37.0 Å². The maximum atomic E-state index is 13.5. The number of nitrogens with one attached hydrogen (secondary N) is 3. The molecule has 0 saturated carbocycles. The number of aliphatic carboxylic acids is 1. The molecule has 0 aliphatic carbocycles. The second-order valence-corrected chi connectivity index (χ2v) is 10.9. The van der Waals surface area contributed by atoms with Crippen LogP contribution in [0.25, 0.3) is 0 Å². The van der Waals surface area contributed by atoms with E-state index in [1.54, 1.807) is 31.2 Å². The maximum absolute atomic E-state index is 13.5. The predicted molar refractivity (Wildman–Crippen MR) is 157 cm³/mol. The van der Waals surface area contributed by atoms with Gasteiger partial charge in [0.1, 0.15) is 29.6 Å². The van der Waals surface area contributed by atoms with Gasteiger partial charge in [-0.15, -0.1) is 0 Å². The van der Waals surface area contributed by atoms with E-state index in [1.807, 2.05) is 13.2 Å². The number of aromatic hydroxyl groups is 2. The summed E-state index contributed by atoms with van der Waals surface area (Å²) in [6.07, 6.45) is 2.77. The number of hydrogen-bond donors (Lipinski definition) is 7. The van der Waals surface area contributed by atoms with E-state index in [-0.39, 0.29) is 36.7 Å². The van der Waals surface area contributed by atoms with E-state index in [0.29, 0.717) is 17.7 Å². The molecule has 41 heavy (non-hydrogen) atoms. The van der Waals surface area contributed by atoms with Gasteiger partial charge in [0, 0.05) is 6.42 Å². The van der Waals surface area contributed by atoms with Gasteiger partial charge in [-0.2, -0.15) is 11.8 Å². The fraction of sp³-hybridized carbons (Fsp3) is 0.448. The summed E-state index contributed by atoms with van der Waals surface area (Å²) >= 11 is 1.45. The number of phenols is 2. The Morgan fingerprint density at radius 2 is 1.32 bits per heavy atom. The van der Waals surface area contributed by atoms with Crippen molar-refractivity contribution in [1.29, 1.82) is 0 Å². The van der Waals surface area contributed by atoms with Gasteiger partial charge in [0.25, 0.3) is 0 Å². The zero-order valence-electron chi connectivity index (χ0n) is 23.5.